The Balaban J connectivity index is 1.91. The topological polar surface area (TPSA) is 109 Å². The number of hydrogen-bond donors (Lipinski definition) is 1. The number of nitrogens with zero attached hydrogens (tertiary/aromatic N) is 1. The van der Waals surface area contributed by atoms with E-state index in [1.54, 1.807) is 0 Å². The Kier molecular flexibility index (Phi) is 1.23. The second-order valence-corrected chi connectivity index (χ2v) is 6.28. The highest BCUT2D eigenvalue weighted by atomic mass is 31.2. The number of esters is 1. The van der Waals surface area contributed by atoms with Gasteiger partial charge < -0.3 is 23.9 Å². The van der Waals surface area contributed by atoms with Crippen LogP contribution in [-0.2, 0) is 9.30 Å². The minimum Gasteiger partial charge on any atom is -0.463 e. The van der Waals surface area contributed by atoms with Crippen LogP contribution in [-0.4, -0.2) is 18.1 Å². The van der Waals surface area contributed by atoms with Crippen molar-refractivity contribution in [3.8, 4) is 11.5 Å². The highest BCUT2D eigenvalue weighted by molar-refractivity contribution is 8.06. The zero-order chi connectivity index (χ0) is 11.9. The number of nitrogen functional groups attached to an aromatic ring is 1. The molecule has 2 N–H and O–H groups in total. The van der Waals surface area contributed by atoms with Crippen molar-refractivity contribution in [2.45, 2.75) is 0 Å². The largest absolute Gasteiger partial charge is 0.463 e. The maximum atomic E-state index is 11.8. The Morgan fingerprint density at radius 3 is 2.65 bits per heavy atom. The molecule has 5 rings (SSSR count). The van der Waals surface area contributed by atoms with E-state index in [1.807, 2.05) is 0 Å². The first-order valence-electron chi connectivity index (χ1n) is 4.72. The number of aromatic nitrogens is 1. The van der Waals surface area contributed by atoms with Crippen molar-refractivity contribution in [3.05, 3.63) is 5.76 Å². The number of furan rings is 1. The van der Waals surface area contributed by atoms with E-state index in [1.165, 1.54) is 7.11 Å². The van der Waals surface area contributed by atoms with Crippen molar-refractivity contribution >= 4 is 35.2 Å². The molecule has 3 aliphatic rings. The van der Waals surface area contributed by atoms with Crippen LogP contribution in [0.2, 0.25) is 0 Å². The number of carbonyl (C=O) groups excluding carboxylic acids is 1. The fourth-order valence-electron chi connectivity index (χ4n) is 1.98. The number of methoxy groups -OCH3 is 1. The predicted octanol–water partition coefficient (Wildman–Crippen LogP) is -0.430. The lowest BCUT2D eigenvalue weighted by Crippen LogP contribution is -2.03. The summed E-state index contributed by atoms with van der Waals surface area (Å²) in [5.74, 6) is -0.513. The number of anilines is 1. The van der Waals surface area contributed by atoms with Crippen molar-refractivity contribution in [3.63, 3.8) is 0 Å². The van der Waals surface area contributed by atoms with Gasteiger partial charge in [0.05, 0.1) is 17.7 Å². The maximum Gasteiger partial charge on any atom is 0.376 e. The van der Waals surface area contributed by atoms with E-state index in [9.17, 15) is 9.36 Å². The molecule has 1 unspecified atom stereocenters. The summed E-state index contributed by atoms with van der Waals surface area (Å²) in [6.45, 7) is 0. The van der Waals surface area contributed by atoms with Crippen molar-refractivity contribution in [2.75, 3.05) is 12.8 Å². The monoisotopic (exact) mass is 252 g/mol. The Morgan fingerprint density at radius 1 is 1.41 bits per heavy atom. The summed E-state index contributed by atoms with van der Waals surface area (Å²) >= 11 is 0. The zero-order valence-electron chi connectivity index (χ0n) is 8.51. The first-order chi connectivity index (χ1) is 8.09. The fraction of sp³-hybridized carbons (Fsp3) is 0.111. The number of ether oxygens (including phenoxy) is 1. The Hall–Kier alpha value is -2.01. The molecular weight excluding hydrogens is 247 g/mol. The molecule has 0 spiro atoms. The van der Waals surface area contributed by atoms with Crippen LogP contribution in [0.15, 0.2) is 8.83 Å². The summed E-state index contributed by atoms with van der Waals surface area (Å²) < 4.78 is 26.6. The van der Waals surface area contributed by atoms with Crippen LogP contribution in [0.5, 0.6) is 0 Å². The van der Waals surface area contributed by atoms with Gasteiger partial charge in [-0.2, -0.15) is 4.98 Å². The van der Waals surface area contributed by atoms with Crippen LogP contribution >= 0.6 is 7.14 Å². The average Bonchev–Trinajstić information content (AvgIpc) is 2.89. The molecule has 0 fully saturated rings. The molecule has 5 heterocycles. The van der Waals surface area contributed by atoms with E-state index >= 15 is 0 Å². The first-order valence-corrected chi connectivity index (χ1v) is 6.43. The maximum absolute atomic E-state index is 11.8. The normalized spacial score (nSPS) is 22.2. The van der Waals surface area contributed by atoms with E-state index in [0.717, 1.165) is 5.30 Å². The summed E-state index contributed by atoms with van der Waals surface area (Å²) in [5, 5.41) is 1.44. The van der Waals surface area contributed by atoms with E-state index < -0.39 is 13.1 Å². The molecule has 3 aliphatic heterocycles. The second-order valence-electron chi connectivity index (χ2n) is 3.76. The first kappa shape index (κ1) is 9.07. The summed E-state index contributed by atoms with van der Waals surface area (Å²) in [5.41, 5.74) is 6.08. The molecule has 2 aromatic heterocycles. The van der Waals surface area contributed by atoms with Gasteiger partial charge in [-0.05, 0) is 0 Å². The Labute approximate surface area is 93.9 Å². The van der Waals surface area contributed by atoms with Crippen LogP contribution in [0.3, 0.4) is 0 Å². The third-order valence-electron chi connectivity index (χ3n) is 2.89. The molecule has 0 radical (unpaired) electrons. The van der Waals surface area contributed by atoms with Gasteiger partial charge in [0.15, 0.2) is 17.0 Å². The van der Waals surface area contributed by atoms with Gasteiger partial charge in [0, 0.05) is 0 Å². The van der Waals surface area contributed by atoms with Gasteiger partial charge in [-0.15, -0.1) is 0 Å². The van der Waals surface area contributed by atoms with Crippen molar-refractivity contribution in [2.24, 2.45) is 0 Å². The number of rotatable bonds is 2. The fourth-order valence-corrected chi connectivity index (χ4v) is 4.46. The van der Waals surface area contributed by atoms with Crippen molar-refractivity contribution in [1.29, 1.82) is 0 Å². The molecule has 0 saturated carbocycles. The summed E-state index contributed by atoms with van der Waals surface area (Å²) in [7, 11) is -1.13. The minimum atomic E-state index is -2.35. The highest BCUT2D eigenvalue weighted by Gasteiger charge is 2.75. The van der Waals surface area contributed by atoms with Crippen LogP contribution in [0.25, 0.3) is 11.5 Å². The lowest BCUT2D eigenvalue weighted by atomic mass is 10.3. The van der Waals surface area contributed by atoms with Crippen LogP contribution in [0.1, 0.15) is 10.6 Å². The predicted molar refractivity (Wildman–Crippen MR) is 56.5 cm³/mol. The molecule has 1 atom stereocenters. The van der Waals surface area contributed by atoms with Gasteiger partial charge in [-0.25, -0.2) is 4.79 Å². The summed E-state index contributed by atoms with van der Waals surface area (Å²) in [4.78, 5) is 15.3. The Morgan fingerprint density at radius 2 is 2.12 bits per heavy atom. The molecule has 7 nitrogen and oxygen atoms in total. The summed E-state index contributed by atoms with van der Waals surface area (Å²) in [6.07, 6.45) is 0. The standard InChI is InChI=1S/C9H5N2O5P/c1-14-7(12)4-2(11-9(10)16-4)3-5-6-8(15-3)17(5,6)13/h1H3,(H2,10,11). The molecule has 2 aromatic rings. The quantitative estimate of drug-likeness (QED) is 0.380. The number of nitrogens with two attached hydrogens (primary N) is 1. The van der Waals surface area contributed by atoms with E-state index in [4.69, 9.17) is 14.6 Å². The van der Waals surface area contributed by atoms with Gasteiger partial charge in [-0.3, -0.25) is 0 Å². The van der Waals surface area contributed by atoms with Gasteiger partial charge in [0.25, 0.3) is 6.01 Å². The molecule has 8 heteroatoms. The van der Waals surface area contributed by atoms with Crippen molar-refractivity contribution in [1.82, 2.24) is 4.98 Å². The van der Waals surface area contributed by atoms with E-state index in [0.29, 0.717) is 16.6 Å². The smallest absolute Gasteiger partial charge is 0.376 e. The highest BCUT2D eigenvalue weighted by Crippen LogP contribution is 2.70. The molecule has 86 valence electrons. The lowest BCUT2D eigenvalue weighted by Gasteiger charge is -1.94. The van der Waals surface area contributed by atoms with Crippen LogP contribution in [0.4, 0.5) is 6.01 Å². The van der Waals surface area contributed by atoms with E-state index in [-0.39, 0.29) is 17.5 Å². The SMILES string of the molecule is COC(=O)c1oc(N)nc1-c1oc2c3c1P23=O. The average molecular weight is 252 g/mol. The van der Waals surface area contributed by atoms with Crippen LogP contribution in [0, 0.1) is 0 Å². The van der Waals surface area contributed by atoms with Gasteiger partial charge in [0.2, 0.25) is 12.9 Å². The molecule has 0 amide bonds. The number of oxazole rings is 1. The molecule has 0 aliphatic carbocycles. The van der Waals surface area contributed by atoms with Gasteiger partial charge in [0.1, 0.15) is 0 Å². The second kappa shape index (κ2) is 2.31. The molecule has 0 aromatic carbocycles. The van der Waals surface area contributed by atoms with Gasteiger partial charge in [-0.1, -0.05) is 0 Å². The molecule has 2 bridgehead atoms. The van der Waals surface area contributed by atoms with Crippen LogP contribution < -0.4 is 21.8 Å². The molecule has 0 saturated heterocycles. The Bertz CT molecular complexity index is 747. The minimum absolute atomic E-state index is 0.131. The third kappa shape index (κ3) is 0.805. The summed E-state index contributed by atoms with van der Waals surface area (Å²) in [6, 6.07) is -0.163. The zero-order valence-corrected chi connectivity index (χ0v) is 9.41. The van der Waals surface area contributed by atoms with Crippen molar-refractivity contribution < 1.29 is 22.9 Å². The third-order valence-corrected chi connectivity index (χ3v) is 5.44. The lowest BCUT2D eigenvalue weighted by molar-refractivity contribution is 0.0567. The number of carbonyl (C=O) groups is 1. The molecular formula is C9H5N2O5P. The number of fused-ring (bicyclic) bond motifs is 1. The number of hydrogen-bond acceptors (Lipinski definition) is 7. The van der Waals surface area contributed by atoms with E-state index in [2.05, 4.69) is 9.72 Å². The molecule has 17 heavy (non-hydrogen) atoms. The van der Waals surface area contributed by atoms with Gasteiger partial charge >= 0.3 is 5.97 Å².